The predicted octanol–water partition coefficient (Wildman–Crippen LogP) is 3.49. The van der Waals surface area contributed by atoms with Gasteiger partial charge in [-0.1, -0.05) is 51.1 Å². The molecule has 0 saturated carbocycles. The van der Waals surface area contributed by atoms with Crippen molar-refractivity contribution in [1.82, 2.24) is 20.1 Å². The van der Waals surface area contributed by atoms with E-state index in [-0.39, 0.29) is 44.4 Å². The van der Waals surface area contributed by atoms with E-state index in [0.29, 0.717) is 25.9 Å². The molecule has 0 bridgehead atoms. The normalized spacial score (nSPS) is 35.8. The van der Waals surface area contributed by atoms with Gasteiger partial charge in [-0.25, -0.2) is 0 Å². The van der Waals surface area contributed by atoms with Crippen molar-refractivity contribution < 1.29 is 67.7 Å². The first-order valence-electron chi connectivity index (χ1n) is 24.5. The van der Waals surface area contributed by atoms with Crippen LogP contribution in [0, 0.1) is 11.8 Å². The number of aliphatic hydroxyl groups excluding tert-OH is 2. The van der Waals surface area contributed by atoms with Crippen LogP contribution in [0.5, 0.6) is 0 Å². The lowest BCUT2D eigenvalue weighted by atomic mass is 9.82. The summed E-state index contributed by atoms with van der Waals surface area (Å²) in [4.78, 5) is 60.4. The van der Waals surface area contributed by atoms with Crippen molar-refractivity contribution >= 4 is 35.0 Å². The molecule has 18 nitrogen and oxygen atoms in total. The third kappa shape index (κ3) is 15.0. The van der Waals surface area contributed by atoms with E-state index in [9.17, 15) is 34.5 Å². The van der Waals surface area contributed by atoms with Crippen LogP contribution in [0.3, 0.4) is 0 Å². The first-order chi connectivity index (χ1) is 32.8. The monoisotopic (exact) mass is 971 g/mol. The van der Waals surface area contributed by atoms with Crippen LogP contribution in [0.25, 0.3) is 10.9 Å². The number of para-hydroxylation sites is 1. The molecule has 0 spiro atoms. The molecule has 3 fully saturated rings. The largest absolute Gasteiger partial charge is 0.459 e. The molecule has 18 heteroatoms. The quantitative estimate of drug-likeness (QED) is 0.114. The number of methoxy groups -OCH3 is 1. The fourth-order valence-electron chi connectivity index (χ4n) is 9.94. The Kier molecular flexibility index (Phi) is 21.1. The average Bonchev–Trinajstić information content (AvgIpc) is 3.29. The first kappa shape index (κ1) is 56.0. The van der Waals surface area contributed by atoms with Gasteiger partial charge in [-0.05, 0) is 90.7 Å². The minimum Gasteiger partial charge on any atom is -0.459 e. The Labute approximate surface area is 407 Å². The number of esters is 2. The molecule has 16 atom stereocenters. The second-order valence-electron chi connectivity index (χ2n) is 19.5. The van der Waals surface area contributed by atoms with Gasteiger partial charge in [0.25, 0.3) is 0 Å². The second kappa shape index (κ2) is 26.0. The third-order valence-corrected chi connectivity index (χ3v) is 13.7. The van der Waals surface area contributed by atoms with E-state index < -0.39 is 109 Å². The highest BCUT2D eigenvalue weighted by molar-refractivity contribution is 5.82. The van der Waals surface area contributed by atoms with E-state index in [2.05, 4.69) is 10.3 Å². The number of hydrogen-bond donors (Lipinski definition) is 4. The Balaban J connectivity index is 1.45. The van der Waals surface area contributed by atoms with Crippen LogP contribution in [-0.2, 0) is 58.8 Å². The summed E-state index contributed by atoms with van der Waals surface area (Å²) in [5.41, 5.74) is 0.464. The number of fused-ring (bicyclic) bond motifs is 1. The van der Waals surface area contributed by atoms with Gasteiger partial charge in [-0.3, -0.25) is 19.4 Å². The zero-order valence-corrected chi connectivity index (χ0v) is 42.1. The number of nitrogens with one attached hydrogen (secondary N) is 1. The number of nitrogens with zero attached hydrogens (tertiary/aromatic N) is 3. The molecule has 1 aromatic carbocycles. The van der Waals surface area contributed by atoms with Gasteiger partial charge in [0, 0.05) is 63.5 Å². The maximum atomic E-state index is 14.2. The molecule has 0 radical (unpaired) electrons. The van der Waals surface area contributed by atoms with Gasteiger partial charge in [0.15, 0.2) is 18.7 Å². The van der Waals surface area contributed by atoms with Crippen molar-refractivity contribution in [3.05, 3.63) is 54.2 Å². The standard InChI is InChI=1S/C51H78N4O14/c1-11-41(59)66-39-27-40(58)53-35(17-15-16-33-20-23-52-37-19-14-13-18-36(33)37)21-24-55(9)29-38(57)30(3)26-34(22-25-56)47(48(39)63-10)69-50-45(61)44(54(7)8)46(31(4)65-50)68-43-28-51(6,62)49(32(5)64-43)67-42(60)12-2/h13-15,17-20,23,25,30-32,34-35,38-39,43-50,57,61-62H,11-12,16,21-22,24,26-29H2,1-10H3,(H,53,58)/t30-,31?,32?,34+,35?,38+,39-,43+,44?,45?,46-,47+,48+,49-,50+,51?/m1/s1. The topological polar surface area (TPSA) is 225 Å². The SMILES string of the molecule is CCC(=O)O[C@@H]1C(C)O[C@@H](O[C@@H]2C(C)O[C@@H](O[C@H]3[C@@H](CC=O)C[C@@H](C)[C@@H](O)CN(C)CCC(C=CCc4ccnc5ccccc45)NC(=O)C[C@@H](OC(=O)CC)[C@@H]3OC)C(O)C2N(C)C)CC1(C)O. The van der Waals surface area contributed by atoms with E-state index in [1.54, 1.807) is 59.8 Å². The summed E-state index contributed by atoms with van der Waals surface area (Å²) in [6, 6.07) is 8.65. The number of aliphatic hydroxyl groups is 3. The molecule has 4 heterocycles. The van der Waals surface area contributed by atoms with Crippen LogP contribution >= 0.6 is 0 Å². The highest BCUT2D eigenvalue weighted by Gasteiger charge is 2.53. The van der Waals surface area contributed by atoms with Gasteiger partial charge >= 0.3 is 11.9 Å². The minimum atomic E-state index is -1.50. The van der Waals surface area contributed by atoms with E-state index in [4.69, 9.17) is 33.2 Å². The van der Waals surface area contributed by atoms with Crippen molar-refractivity contribution in [3.8, 4) is 0 Å². The molecule has 3 aliphatic rings. The number of carbonyl (C=O) groups excluding carboxylic acids is 4. The molecule has 3 saturated heterocycles. The number of rotatable bonds is 15. The number of aromatic nitrogens is 1. The van der Waals surface area contributed by atoms with Crippen molar-refractivity contribution in [2.24, 2.45) is 11.8 Å². The van der Waals surface area contributed by atoms with Crippen LogP contribution in [0.1, 0.15) is 92.1 Å². The lowest BCUT2D eigenvalue weighted by molar-refractivity contribution is -0.344. The van der Waals surface area contributed by atoms with Crippen LogP contribution in [0.2, 0.25) is 0 Å². The number of amides is 1. The van der Waals surface area contributed by atoms with Gasteiger partial charge < -0.3 is 68.4 Å². The van der Waals surface area contributed by atoms with E-state index in [0.717, 1.165) is 22.8 Å². The minimum absolute atomic E-state index is 0.000211. The number of benzene rings is 1. The Hall–Kier alpha value is -3.95. The number of carbonyl (C=O) groups is 4. The molecule has 4 N–H and O–H groups in total. The average molecular weight is 971 g/mol. The summed E-state index contributed by atoms with van der Waals surface area (Å²) >= 11 is 0. The van der Waals surface area contributed by atoms with E-state index >= 15 is 0 Å². The Morgan fingerprint density at radius 3 is 2.38 bits per heavy atom. The maximum absolute atomic E-state index is 14.2. The van der Waals surface area contributed by atoms with Gasteiger partial charge in [0.1, 0.15) is 36.3 Å². The van der Waals surface area contributed by atoms with E-state index in [1.807, 2.05) is 61.4 Å². The Bertz CT molecular complexity index is 2000. The molecule has 6 unspecified atom stereocenters. The number of hydrogen-bond acceptors (Lipinski definition) is 17. The highest BCUT2D eigenvalue weighted by atomic mass is 16.7. The number of likely N-dealkylation sites (N-methyl/N-ethyl adjacent to an activating group) is 2. The van der Waals surface area contributed by atoms with Crippen molar-refractivity contribution in [1.29, 1.82) is 0 Å². The predicted molar refractivity (Wildman–Crippen MR) is 255 cm³/mol. The van der Waals surface area contributed by atoms with Crippen molar-refractivity contribution in [3.63, 3.8) is 0 Å². The van der Waals surface area contributed by atoms with Gasteiger partial charge in [-0.2, -0.15) is 0 Å². The van der Waals surface area contributed by atoms with Crippen molar-refractivity contribution in [2.75, 3.05) is 41.3 Å². The summed E-state index contributed by atoms with van der Waals surface area (Å²) in [5, 5.41) is 39.5. The number of allylic oxidation sites excluding steroid dienone is 1. The summed E-state index contributed by atoms with van der Waals surface area (Å²) in [7, 11) is 6.83. The van der Waals surface area contributed by atoms with Gasteiger partial charge in [-0.15, -0.1) is 0 Å². The lowest BCUT2D eigenvalue weighted by Gasteiger charge is -2.50. The highest BCUT2D eigenvalue weighted by Crippen LogP contribution is 2.38. The lowest BCUT2D eigenvalue weighted by Crippen LogP contribution is -2.66. The van der Waals surface area contributed by atoms with Gasteiger partial charge in [0.05, 0.1) is 42.4 Å². The molecular weight excluding hydrogens is 893 g/mol. The molecule has 3 aliphatic heterocycles. The van der Waals surface area contributed by atoms with Crippen LogP contribution < -0.4 is 5.32 Å². The molecule has 386 valence electrons. The zero-order valence-electron chi connectivity index (χ0n) is 42.1. The molecule has 0 aliphatic carbocycles. The van der Waals surface area contributed by atoms with Gasteiger partial charge in [0.2, 0.25) is 5.91 Å². The second-order valence-corrected chi connectivity index (χ2v) is 19.5. The molecule has 1 aromatic heterocycles. The molecule has 69 heavy (non-hydrogen) atoms. The fraction of sp³-hybridized carbons (Fsp3) is 0.706. The summed E-state index contributed by atoms with van der Waals surface area (Å²) < 4.78 is 43.7. The smallest absolute Gasteiger partial charge is 0.305 e. The molecule has 2 aromatic rings. The number of pyridine rings is 1. The molecule has 1 amide bonds. The van der Waals surface area contributed by atoms with Crippen LogP contribution in [-0.4, -0.2) is 181 Å². The summed E-state index contributed by atoms with van der Waals surface area (Å²) in [5.74, 6) is -2.55. The summed E-state index contributed by atoms with van der Waals surface area (Å²) in [6.07, 6.45) is -3.84. The third-order valence-electron chi connectivity index (χ3n) is 13.7. The number of ether oxygens (including phenoxy) is 7. The molecule has 5 rings (SSSR count). The number of aldehydes is 1. The zero-order chi connectivity index (χ0) is 50.6. The van der Waals surface area contributed by atoms with Crippen LogP contribution in [0.4, 0.5) is 0 Å². The van der Waals surface area contributed by atoms with E-state index in [1.165, 1.54) is 7.11 Å². The summed E-state index contributed by atoms with van der Waals surface area (Å²) in [6.45, 7) is 11.0. The van der Waals surface area contributed by atoms with Crippen molar-refractivity contribution in [2.45, 2.75) is 178 Å². The maximum Gasteiger partial charge on any atom is 0.305 e. The fourth-order valence-corrected chi connectivity index (χ4v) is 9.94. The number of β-amino-alcohol motifs (C(OH)–C–C–N with tert-alkyl or cyclic N) is 1. The molecular formula is C51H78N4O14. The van der Waals surface area contributed by atoms with Crippen LogP contribution in [0.15, 0.2) is 48.7 Å². The Morgan fingerprint density at radius 2 is 1.71 bits per heavy atom. The Morgan fingerprint density at radius 1 is 1.00 bits per heavy atom. The first-order valence-corrected chi connectivity index (χ1v) is 24.5.